The van der Waals surface area contributed by atoms with Crippen LogP contribution in [0.3, 0.4) is 0 Å². The van der Waals surface area contributed by atoms with Crippen LogP contribution in [0.5, 0.6) is 0 Å². The first-order chi connectivity index (χ1) is 12.4. The number of likely N-dealkylation sites (tertiary alicyclic amines) is 1. The topological polar surface area (TPSA) is 68.8 Å². The second-order valence-electron chi connectivity index (χ2n) is 7.66. The Bertz CT molecular complexity index is 579. The number of halogens is 1. The molecule has 1 atom stereocenters. The average Bonchev–Trinajstić information content (AvgIpc) is 3.29. The second kappa shape index (κ2) is 11.9. The number of nitrogens with zero attached hydrogens (tertiary/aromatic N) is 2. The summed E-state index contributed by atoms with van der Waals surface area (Å²) in [6.07, 6.45) is 2.56. The third-order valence-corrected chi connectivity index (χ3v) is 5.50. The number of carbonyl (C=O) groups excluding carboxylic acids is 1. The van der Waals surface area contributed by atoms with Crippen LogP contribution in [0.4, 0.5) is 0 Å². The zero-order chi connectivity index (χ0) is 19.0. The van der Waals surface area contributed by atoms with E-state index in [0.29, 0.717) is 19.1 Å². The largest absolute Gasteiger partial charge is 0.355 e. The highest BCUT2D eigenvalue weighted by Crippen LogP contribution is 2.27. The lowest BCUT2D eigenvalue weighted by molar-refractivity contribution is -0.128. The van der Waals surface area contributed by atoms with E-state index in [-0.39, 0.29) is 35.3 Å². The molecule has 0 aliphatic carbocycles. The van der Waals surface area contributed by atoms with E-state index in [9.17, 15) is 4.79 Å². The highest BCUT2D eigenvalue weighted by Gasteiger charge is 2.24. The molecule has 27 heavy (non-hydrogen) atoms. The van der Waals surface area contributed by atoms with Gasteiger partial charge in [0.2, 0.25) is 5.91 Å². The molecule has 1 saturated heterocycles. The van der Waals surface area contributed by atoms with Gasteiger partial charge in [-0.1, -0.05) is 26.8 Å². The zero-order valence-electron chi connectivity index (χ0n) is 16.9. The summed E-state index contributed by atoms with van der Waals surface area (Å²) in [6.45, 7) is 10.1. The maximum absolute atomic E-state index is 11.9. The number of hydrogen-bond donors (Lipinski definition) is 3. The lowest BCUT2D eigenvalue weighted by Crippen LogP contribution is -2.45. The van der Waals surface area contributed by atoms with Gasteiger partial charge < -0.3 is 16.0 Å². The third kappa shape index (κ3) is 7.95. The van der Waals surface area contributed by atoms with Gasteiger partial charge >= 0.3 is 0 Å². The van der Waals surface area contributed by atoms with Gasteiger partial charge in [0.25, 0.3) is 0 Å². The van der Waals surface area contributed by atoms with E-state index < -0.39 is 0 Å². The molecule has 1 aromatic heterocycles. The first-order valence-corrected chi connectivity index (χ1v) is 10.3. The van der Waals surface area contributed by atoms with Crippen molar-refractivity contribution < 1.29 is 4.79 Å². The molecule has 0 spiro atoms. The lowest BCUT2D eigenvalue weighted by atomic mass is 9.96. The molecule has 1 unspecified atom stereocenters. The van der Waals surface area contributed by atoms with Crippen LogP contribution in [0.25, 0.3) is 0 Å². The Kier molecular flexibility index (Phi) is 10.6. The lowest BCUT2D eigenvalue weighted by Gasteiger charge is -2.27. The molecule has 6 nitrogen and oxygen atoms in total. The molecule has 8 heteroatoms. The molecule has 2 rings (SSSR count). The Labute approximate surface area is 184 Å². The minimum atomic E-state index is -0.358. The fraction of sp³-hybridized carbons (Fsp3) is 0.684. The van der Waals surface area contributed by atoms with Crippen molar-refractivity contribution in [1.82, 2.24) is 20.9 Å². The first kappa shape index (κ1) is 24.2. The molecule has 1 aliphatic heterocycles. The number of carbonyl (C=O) groups is 1. The average molecular weight is 507 g/mol. The molecule has 3 N–H and O–H groups in total. The molecule has 1 aliphatic rings. The summed E-state index contributed by atoms with van der Waals surface area (Å²) in [4.78, 5) is 20.1. The van der Waals surface area contributed by atoms with Crippen molar-refractivity contribution in [1.29, 1.82) is 0 Å². The van der Waals surface area contributed by atoms with Gasteiger partial charge in [-0.15, -0.1) is 35.3 Å². The molecular formula is C19H34IN5OS. The Balaban J connectivity index is 0.00000364. The van der Waals surface area contributed by atoms with Crippen LogP contribution in [0, 0.1) is 5.41 Å². The van der Waals surface area contributed by atoms with Gasteiger partial charge in [0.05, 0.1) is 6.04 Å². The Morgan fingerprint density at radius 3 is 2.44 bits per heavy atom. The van der Waals surface area contributed by atoms with E-state index >= 15 is 0 Å². The highest BCUT2D eigenvalue weighted by atomic mass is 127. The van der Waals surface area contributed by atoms with Gasteiger partial charge in [-0.2, -0.15) is 0 Å². The first-order valence-electron chi connectivity index (χ1n) is 9.42. The predicted molar refractivity (Wildman–Crippen MR) is 125 cm³/mol. The standard InChI is InChI=1S/C19H33N5OS.HI/c1-19(2,3)17(25)21-9-10-22-18(20-4)23-14-15(16-8-7-13-26-16)24-11-5-6-12-24;/h7-8,13,15H,5-6,9-12,14H2,1-4H3,(H,21,25)(H2,20,22,23);1H. The summed E-state index contributed by atoms with van der Waals surface area (Å²) < 4.78 is 0. The summed E-state index contributed by atoms with van der Waals surface area (Å²) >= 11 is 1.81. The summed E-state index contributed by atoms with van der Waals surface area (Å²) in [6, 6.07) is 4.72. The van der Waals surface area contributed by atoms with Gasteiger partial charge in [-0.3, -0.25) is 14.7 Å². The van der Waals surface area contributed by atoms with Gasteiger partial charge in [0.15, 0.2) is 5.96 Å². The minimum absolute atomic E-state index is 0. The van der Waals surface area contributed by atoms with Crippen LogP contribution >= 0.6 is 35.3 Å². The minimum Gasteiger partial charge on any atom is -0.355 e. The quantitative estimate of drug-likeness (QED) is 0.230. The number of aliphatic imine (C=N–C) groups is 1. The predicted octanol–water partition coefficient (Wildman–Crippen LogP) is 2.83. The molecule has 1 amide bonds. The summed E-state index contributed by atoms with van der Waals surface area (Å²) in [5, 5.41) is 11.8. The summed E-state index contributed by atoms with van der Waals surface area (Å²) in [5.74, 6) is 0.838. The van der Waals surface area contributed by atoms with Crippen LogP contribution in [0.2, 0.25) is 0 Å². The third-order valence-electron chi connectivity index (χ3n) is 4.52. The Hall–Kier alpha value is -0.870. The van der Waals surface area contributed by atoms with Crippen LogP contribution in [-0.2, 0) is 4.79 Å². The molecule has 2 heterocycles. The normalized spacial score (nSPS) is 16.5. The van der Waals surface area contributed by atoms with Crippen molar-refractivity contribution in [2.24, 2.45) is 10.4 Å². The van der Waals surface area contributed by atoms with Crippen molar-refractivity contribution >= 4 is 47.2 Å². The maximum atomic E-state index is 11.9. The van der Waals surface area contributed by atoms with Crippen molar-refractivity contribution in [3.8, 4) is 0 Å². The van der Waals surface area contributed by atoms with Crippen LogP contribution in [0.15, 0.2) is 22.5 Å². The molecule has 0 saturated carbocycles. The number of hydrogen-bond acceptors (Lipinski definition) is 4. The highest BCUT2D eigenvalue weighted by molar-refractivity contribution is 14.0. The van der Waals surface area contributed by atoms with Gasteiger partial charge in [0.1, 0.15) is 0 Å². The van der Waals surface area contributed by atoms with E-state index in [1.807, 2.05) is 32.1 Å². The SMILES string of the molecule is CN=C(NCCNC(=O)C(C)(C)C)NCC(c1cccs1)N1CCCC1.I. The molecule has 154 valence electrons. The van der Waals surface area contributed by atoms with Crippen LogP contribution in [0.1, 0.15) is 44.5 Å². The molecule has 0 bridgehead atoms. The summed E-state index contributed by atoms with van der Waals surface area (Å²) in [7, 11) is 1.78. The fourth-order valence-electron chi connectivity index (χ4n) is 2.98. The molecule has 1 fully saturated rings. The zero-order valence-corrected chi connectivity index (χ0v) is 20.0. The van der Waals surface area contributed by atoms with Gasteiger partial charge in [-0.25, -0.2) is 0 Å². The molecule has 1 aromatic rings. The van der Waals surface area contributed by atoms with Gasteiger partial charge in [0, 0.05) is 37.0 Å². The number of thiophene rings is 1. The van der Waals surface area contributed by atoms with E-state index in [0.717, 1.165) is 25.6 Å². The Morgan fingerprint density at radius 2 is 1.89 bits per heavy atom. The number of guanidine groups is 1. The monoisotopic (exact) mass is 507 g/mol. The molecular weight excluding hydrogens is 473 g/mol. The second-order valence-corrected chi connectivity index (χ2v) is 8.64. The Morgan fingerprint density at radius 1 is 1.22 bits per heavy atom. The number of nitrogens with one attached hydrogen (secondary N) is 3. The molecule has 0 aromatic carbocycles. The van der Waals surface area contributed by atoms with Crippen LogP contribution in [-0.4, -0.2) is 56.5 Å². The van der Waals surface area contributed by atoms with E-state index in [1.54, 1.807) is 7.05 Å². The number of amides is 1. The van der Waals surface area contributed by atoms with E-state index in [2.05, 4.69) is 43.4 Å². The summed E-state index contributed by atoms with van der Waals surface area (Å²) in [5.41, 5.74) is -0.358. The molecule has 0 radical (unpaired) electrons. The van der Waals surface area contributed by atoms with E-state index in [1.165, 1.54) is 17.7 Å². The van der Waals surface area contributed by atoms with Crippen molar-refractivity contribution in [2.45, 2.75) is 39.7 Å². The van der Waals surface area contributed by atoms with Crippen molar-refractivity contribution in [2.75, 3.05) is 39.8 Å². The van der Waals surface area contributed by atoms with Crippen molar-refractivity contribution in [3.05, 3.63) is 22.4 Å². The maximum Gasteiger partial charge on any atom is 0.225 e. The smallest absolute Gasteiger partial charge is 0.225 e. The van der Waals surface area contributed by atoms with Crippen molar-refractivity contribution in [3.63, 3.8) is 0 Å². The van der Waals surface area contributed by atoms with Crippen LogP contribution < -0.4 is 16.0 Å². The fourth-order valence-corrected chi connectivity index (χ4v) is 3.84. The number of rotatable bonds is 7. The van der Waals surface area contributed by atoms with Gasteiger partial charge in [-0.05, 0) is 37.4 Å². The van der Waals surface area contributed by atoms with E-state index in [4.69, 9.17) is 0 Å².